The summed E-state index contributed by atoms with van der Waals surface area (Å²) in [6.45, 7) is 0. The Labute approximate surface area is 113 Å². The van der Waals surface area contributed by atoms with E-state index in [9.17, 15) is 9.90 Å². The van der Waals surface area contributed by atoms with Crippen molar-refractivity contribution in [3.05, 3.63) is 29.8 Å². The van der Waals surface area contributed by atoms with Gasteiger partial charge in [-0.3, -0.25) is 4.79 Å². The van der Waals surface area contributed by atoms with Gasteiger partial charge in [-0.25, -0.2) is 0 Å². The first-order valence-electron chi connectivity index (χ1n) is 7.07. The number of carbonyl (C=O) groups excluding carboxylic acids is 1. The van der Waals surface area contributed by atoms with E-state index in [-0.39, 0.29) is 23.5 Å². The average Bonchev–Trinajstić information content (AvgIpc) is 2.43. The summed E-state index contributed by atoms with van der Waals surface area (Å²) in [5.41, 5.74) is 1.07. The van der Waals surface area contributed by atoms with Gasteiger partial charge in [0, 0.05) is 11.8 Å². The Morgan fingerprint density at radius 1 is 1.16 bits per heavy atom. The zero-order chi connectivity index (χ0) is 13.4. The van der Waals surface area contributed by atoms with Gasteiger partial charge in [0.05, 0.1) is 13.2 Å². The van der Waals surface area contributed by atoms with Gasteiger partial charge in [0.25, 0.3) is 0 Å². The predicted octanol–water partition coefficient (Wildman–Crippen LogP) is 2.53. The number of aliphatic hydroxyl groups excluding tert-OH is 1. The normalized spacial score (nSPS) is 34.1. The van der Waals surface area contributed by atoms with Crippen LogP contribution in [-0.2, 0) is 4.79 Å². The Bertz CT molecular complexity index is 483. The van der Waals surface area contributed by atoms with Crippen molar-refractivity contribution in [3.63, 3.8) is 0 Å². The number of ketones is 1. The second kappa shape index (κ2) is 4.97. The highest BCUT2D eigenvalue weighted by molar-refractivity contribution is 5.86. The molecule has 0 aromatic heterocycles. The van der Waals surface area contributed by atoms with Crippen molar-refractivity contribution in [2.45, 2.75) is 37.7 Å². The number of methoxy groups -OCH3 is 1. The molecular weight excluding hydrogens is 240 g/mol. The van der Waals surface area contributed by atoms with Crippen LogP contribution in [0.1, 0.15) is 37.2 Å². The van der Waals surface area contributed by atoms with Crippen molar-refractivity contribution in [3.8, 4) is 5.75 Å². The summed E-state index contributed by atoms with van der Waals surface area (Å²) in [6, 6.07) is 7.87. The van der Waals surface area contributed by atoms with Gasteiger partial charge >= 0.3 is 0 Å². The van der Waals surface area contributed by atoms with Crippen molar-refractivity contribution in [1.82, 2.24) is 0 Å². The summed E-state index contributed by atoms with van der Waals surface area (Å²) in [4.78, 5) is 12.4. The summed E-state index contributed by atoms with van der Waals surface area (Å²) >= 11 is 0. The van der Waals surface area contributed by atoms with E-state index in [1.54, 1.807) is 7.11 Å². The molecule has 2 bridgehead atoms. The van der Waals surface area contributed by atoms with Crippen molar-refractivity contribution in [1.29, 1.82) is 0 Å². The monoisotopic (exact) mass is 260 g/mol. The lowest BCUT2D eigenvalue weighted by molar-refractivity contribution is -0.139. The number of ether oxygens (including phenoxy) is 1. The third kappa shape index (κ3) is 2.06. The molecule has 0 spiro atoms. The van der Waals surface area contributed by atoms with Crippen LogP contribution in [0.2, 0.25) is 0 Å². The molecule has 19 heavy (non-hydrogen) atoms. The van der Waals surface area contributed by atoms with E-state index in [0.29, 0.717) is 6.42 Å². The molecule has 0 heterocycles. The van der Waals surface area contributed by atoms with Crippen LogP contribution in [0.4, 0.5) is 0 Å². The topological polar surface area (TPSA) is 46.5 Å². The van der Waals surface area contributed by atoms with Gasteiger partial charge in [0.15, 0.2) is 0 Å². The molecule has 1 N–H and O–H groups in total. The number of Topliss-reactive ketones (excluding diaryl/α,β-unsaturated/α-hetero) is 1. The number of benzene rings is 1. The summed E-state index contributed by atoms with van der Waals surface area (Å²) in [6.07, 6.45) is 3.05. The Morgan fingerprint density at radius 3 is 2.68 bits per heavy atom. The molecule has 2 aliphatic rings. The molecule has 2 saturated carbocycles. The first-order chi connectivity index (χ1) is 9.22. The maximum atomic E-state index is 12.4. The minimum Gasteiger partial charge on any atom is -0.496 e. The fraction of sp³-hybridized carbons (Fsp3) is 0.562. The molecule has 3 nitrogen and oxygen atoms in total. The maximum absolute atomic E-state index is 12.4. The highest BCUT2D eigenvalue weighted by Gasteiger charge is 2.46. The molecule has 0 unspecified atom stereocenters. The van der Waals surface area contributed by atoms with Crippen LogP contribution in [-0.4, -0.2) is 24.1 Å². The van der Waals surface area contributed by atoms with Crippen molar-refractivity contribution in [2.24, 2.45) is 11.8 Å². The number of fused-ring (bicyclic) bond motifs is 2. The molecule has 3 rings (SSSR count). The number of hydrogen-bond acceptors (Lipinski definition) is 3. The quantitative estimate of drug-likeness (QED) is 0.888. The lowest BCUT2D eigenvalue weighted by Crippen LogP contribution is -2.45. The van der Waals surface area contributed by atoms with Gasteiger partial charge in [0.1, 0.15) is 11.5 Å². The number of para-hydroxylation sites is 1. The third-order valence-electron chi connectivity index (χ3n) is 4.75. The summed E-state index contributed by atoms with van der Waals surface area (Å²) in [5.74, 6) is 1.15. The largest absolute Gasteiger partial charge is 0.496 e. The van der Waals surface area contributed by atoms with E-state index in [1.165, 1.54) is 0 Å². The molecule has 1 aromatic rings. The summed E-state index contributed by atoms with van der Waals surface area (Å²) in [7, 11) is 1.66. The standard InChI is InChI=1S/C16H20O3/c1-19-15-8-3-2-5-10(15)13-9-14(17)12-7-4-6-11(13)16(12)18/h2-3,5,8,11-14,17H,4,6-7,9H2,1H3/t11-,12+,13+,14-/m1/s1. The average molecular weight is 260 g/mol. The van der Waals surface area contributed by atoms with Crippen LogP contribution in [0.3, 0.4) is 0 Å². The Balaban J connectivity index is 1.97. The lowest BCUT2D eigenvalue weighted by atomic mass is 9.63. The highest BCUT2D eigenvalue weighted by atomic mass is 16.5. The van der Waals surface area contributed by atoms with Gasteiger partial charge in [-0.05, 0) is 36.8 Å². The number of rotatable bonds is 2. The Hall–Kier alpha value is -1.35. The van der Waals surface area contributed by atoms with E-state index in [4.69, 9.17) is 4.74 Å². The van der Waals surface area contributed by atoms with Crippen LogP contribution >= 0.6 is 0 Å². The van der Waals surface area contributed by atoms with E-state index < -0.39 is 6.10 Å². The lowest BCUT2D eigenvalue weighted by Gasteiger charge is -2.42. The van der Waals surface area contributed by atoms with Gasteiger partial charge in [-0.15, -0.1) is 0 Å². The van der Waals surface area contributed by atoms with E-state index >= 15 is 0 Å². The molecule has 102 valence electrons. The smallest absolute Gasteiger partial charge is 0.142 e. The second-order valence-corrected chi connectivity index (χ2v) is 5.70. The van der Waals surface area contributed by atoms with Crippen molar-refractivity contribution >= 4 is 5.78 Å². The highest BCUT2D eigenvalue weighted by Crippen LogP contribution is 2.47. The zero-order valence-electron chi connectivity index (χ0n) is 11.2. The van der Waals surface area contributed by atoms with Crippen LogP contribution < -0.4 is 4.74 Å². The SMILES string of the molecule is COc1ccccc1[C@@H]1C[C@@H](O)[C@@H]2CCC[C@H]1C2=O. The number of aliphatic hydroxyl groups is 1. The van der Waals surface area contributed by atoms with Gasteiger partial charge in [-0.1, -0.05) is 24.6 Å². The molecule has 2 fully saturated rings. The Kier molecular flexibility index (Phi) is 3.31. The fourth-order valence-corrected chi connectivity index (χ4v) is 3.80. The molecule has 0 aliphatic heterocycles. The number of hydrogen-bond donors (Lipinski definition) is 1. The predicted molar refractivity (Wildman–Crippen MR) is 72.2 cm³/mol. The van der Waals surface area contributed by atoms with Crippen LogP contribution in [0, 0.1) is 11.8 Å². The molecular formula is C16H20O3. The summed E-state index contributed by atoms with van der Waals surface area (Å²) < 4.78 is 5.41. The van der Waals surface area contributed by atoms with Gasteiger partial charge < -0.3 is 9.84 Å². The second-order valence-electron chi connectivity index (χ2n) is 5.70. The molecule has 3 heteroatoms. The van der Waals surface area contributed by atoms with Crippen LogP contribution in [0.15, 0.2) is 24.3 Å². The summed E-state index contributed by atoms with van der Waals surface area (Å²) in [5, 5.41) is 10.2. The van der Waals surface area contributed by atoms with Crippen molar-refractivity contribution in [2.75, 3.05) is 7.11 Å². The first-order valence-corrected chi connectivity index (χ1v) is 7.07. The Morgan fingerprint density at radius 2 is 1.89 bits per heavy atom. The third-order valence-corrected chi connectivity index (χ3v) is 4.75. The molecule has 4 atom stereocenters. The molecule has 0 radical (unpaired) electrons. The first kappa shape index (κ1) is 12.7. The minimum absolute atomic E-state index is 0.0680. The fourth-order valence-electron chi connectivity index (χ4n) is 3.80. The minimum atomic E-state index is -0.487. The van der Waals surface area contributed by atoms with Gasteiger partial charge in [0.2, 0.25) is 0 Å². The number of carbonyl (C=O) groups is 1. The molecule has 0 saturated heterocycles. The molecule has 2 aliphatic carbocycles. The molecule has 1 aromatic carbocycles. The van der Waals surface area contributed by atoms with E-state index in [2.05, 4.69) is 0 Å². The maximum Gasteiger partial charge on any atom is 0.142 e. The van der Waals surface area contributed by atoms with Crippen molar-refractivity contribution < 1.29 is 14.6 Å². The zero-order valence-corrected chi connectivity index (χ0v) is 11.2. The van der Waals surface area contributed by atoms with E-state index in [0.717, 1.165) is 30.6 Å². The van der Waals surface area contributed by atoms with Crippen LogP contribution in [0.25, 0.3) is 0 Å². The van der Waals surface area contributed by atoms with E-state index in [1.807, 2.05) is 24.3 Å². The van der Waals surface area contributed by atoms with Gasteiger partial charge in [-0.2, -0.15) is 0 Å². The van der Waals surface area contributed by atoms with Crippen LogP contribution in [0.5, 0.6) is 5.75 Å². The molecule has 0 amide bonds.